The van der Waals surface area contributed by atoms with Crippen molar-refractivity contribution < 1.29 is 9.53 Å². The molecule has 1 heterocycles. The van der Waals surface area contributed by atoms with E-state index in [0.29, 0.717) is 10.8 Å². The molecular formula is C13H12ClN3O2. The highest BCUT2D eigenvalue weighted by molar-refractivity contribution is 6.32. The fourth-order valence-electron chi connectivity index (χ4n) is 2.12. The summed E-state index contributed by atoms with van der Waals surface area (Å²) in [5.41, 5.74) is -0.555. The molecular weight excluding hydrogens is 266 g/mol. The number of benzene rings is 1. The molecule has 0 bridgehead atoms. The van der Waals surface area contributed by atoms with E-state index < -0.39 is 11.6 Å². The Hall–Kier alpha value is -1.88. The van der Waals surface area contributed by atoms with Gasteiger partial charge in [0.25, 0.3) is 0 Å². The summed E-state index contributed by atoms with van der Waals surface area (Å²) in [6.07, 6.45) is 5.36. The first kappa shape index (κ1) is 12.2. The third-order valence-electron chi connectivity index (χ3n) is 3.28. The summed E-state index contributed by atoms with van der Waals surface area (Å²) < 4.78 is 7.49. The van der Waals surface area contributed by atoms with Crippen LogP contribution in [0, 0.1) is 0 Å². The zero-order valence-corrected chi connectivity index (χ0v) is 10.8. The average Bonchev–Trinajstić information content (AvgIpc) is 2.98. The molecule has 5 nitrogen and oxygen atoms in total. The zero-order valence-electron chi connectivity index (χ0n) is 10.1. The number of rotatable bonds is 5. The fraction of sp³-hybridized carbons (Fsp3) is 0.308. The van der Waals surface area contributed by atoms with Crippen LogP contribution in [-0.2, 0) is 4.79 Å². The van der Waals surface area contributed by atoms with Crippen molar-refractivity contribution in [2.24, 2.45) is 0 Å². The molecule has 3 rings (SSSR count). The minimum absolute atomic E-state index is 0.480. The first-order valence-corrected chi connectivity index (χ1v) is 6.36. The van der Waals surface area contributed by atoms with Gasteiger partial charge in [0, 0.05) is 0 Å². The van der Waals surface area contributed by atoms with Gasteiger partial charge in [0.1, 0.15) is 36.3 Å². The summed E-state index contributed by atoms with van der Waals surface area (Å²) in [4.78, 5) is 15.2. The molecule has 1 aliphatic carbocycles. The topological polar surface area (TPSA) is 57.0 Å². The summed E-state index contributed by atoms with van der Waals surface area (Å²) >= 11 is 6.08. The molecule has 1 unspecified atom stereocenters. The van der Waals surface area contributed by atoms with Gasteiger partial charge in [0.05, 0.1) is 5.02 Å². The van der Waals surface area contributed by atoms with Crippen LogP contribution in [0.3, 0.4) is 0 Å². The number of carbonyl (C=O) groups is 1. The molecule has 98 valence electrons. The number of aromatic nitrogens is 3. The van der Waals surface area contributed by atoms with Crippen LogP contribution in [0.1, 0.15) is 18.9 Å². The molecule has 1 fully saturated rings. The van der Waals surface area contributed by atoms with Gasteiger partial charge in [-0.15, -0.1) is 0 Å². The fourth-order valence-corrected chi connectivity index (χ4v) is 2.29. The lowest BCUT2D eigenvalue weighted by molar-refractivity contribution is -0.114. The number of hydrogen-bond donors (Lipinski definition) is 0. The van der Waals surface area contributed by atoms with Crippen LogP contribution in [0.4, 0.5) is 0 Å². The van der Waals surface area contributed by atoms with Gasteiger partial charge in [0.2, 0.25) is 0 Å². The molecule has 1 atom stereocenters. The number of nitrogens with zero attached hydrogens (tertiary/aromatic N) is 3. The van der Waals surface area contributed by atoms with E-state index in [9.17, 15) is 4.79 Å². The third-order valence-corrected chi connectivity index (χ3v) is 3.59. The van der Waals surface area contributed by atoms with Crippen molar-refractivity contribution in [3.05, 3.63) is 41.9 Å². The molecule has 0 amide bonds. The van der Waals surface area contributed by atoms with E-state index in [-0.39, 0.29) is 0 Å². The van der Waals surface area contributed by atoms with E-state index in [1.54, 1.807) is 12.1 Å². The van der Waals surface area contributed by atoms with Crippen LogP contribution >= 0.6 is 11.6 Å². The van der Waals surface area contributed by atoms with Crippen molar-refractivity contribution >= 4 is 17.9 Å². The maximum Gasteiger partial charge on any atom is 0.148 e. The second kappa shape index (κ2) is 4.66. The van der Waals surface area contributed by atoms with E-state index in [1.165, 1.54) is 17.3 Å². The van der Waals surface area contributed by atoms with Crippen molar-refractivity contribution in [1.29, 1.82) is 0 Å². The Balaban J connectivity index is 1.87. The van der Waals surface area contributed by atoms with Gasteiger partial charge < -0.3 is 9.53 Å². The predicted octanol–water partition coefficient (Wildman–Crippen LogP) is 2.28. The Morgan fingerprint density at radius 2 is 2.21 bits per heavy atom. The normalized spacial score (nSPS) is 17.7. The largest absolute Gasteiger partial charge is 0.483 e. The number of carbonyl (C=O) groups excluding carboxylic acids is 1. The molecule has 1 aromatic carbocycles. The molecule has 1 aromatic heterocycles. The maximum atomic E-state index is 11.4. The first-order chi connectivity index (χ1) is 9.25. The van der Waals surface area contributed by atoms with Gasteiger partial charge in [0.15, 0.2) is 0 Å². The summed E-state index contributed by atoms with van der Waals surface area (Å²) in [5, 5.41) is 4.56. The molecule has 1 saturated carbocycles. The maximum absolute atomic E-state index is 11.4. The van der Waals surface area contributed by atoms with Gasteiger partial charge in [-0.1, -0.05) is 23.7 Å². The van der Waals surface area contributed by atoms with Gasteiger partial charge in [-0.3, -0.25) is 0 Å². The van der Waals surface area contributed by atoms with Crippen molar-refractivity contribution in [2.75, 3.05) is 0 Å². The first-order valence-electron chi connectivity index (χ1n) is 5.98. The number of para-hydroxylation sites is 1. The van der Waals surface area contributed by atoms with Gasteiger partial charge in [-0.05, 0) is 25.0 Å². The van der Waals surface area contributed by atoms with Gasteiger partial charge >= 0.3 is 0 Å². The Morgan fingerprint density at radius 1 is 1.42 bits per heavy atom. The highest BCUT2D eigenvalue weighted by atomic mass is 35.5. The van der Waals surface area contributed by atoms with E-state index in [2.05, 4.69) is 10.1 Å². The molecule has 0 saturated heterocycles. The Bertz CT molecular complexity index is 581. The SMILES string of the molecule is O=CC(n1cncn1)C1(Oc2ccccc2Cl)CC1. The predicted molar refractivity (Wildman–Crippen MR) is 69.2 cm³/mol. The number of aldehydes is 1. The molecule has 19 heavy (non-hydrogen) atoms. The van der Waals surface area contributed by atoms with E-state index in [1.807, 2.05) is 12.1 Å². The van der Waals surface area contributed by atoms with Gasteiger partial charge in [-0.2, -0.15) is 5.10 Å². The van der Waals surface area contributed by atoms with Crippen LogP contribution in [0.15, 0.2) is 36.9 Å². The van der Waals surface area contributed by atoms with Crippen molar-refractivity contribution in [1.82, 2.24) is 14.8 Å². The van der Waals surface area contributed by atoms with Crippen LogP contribution in [-0.4, -0.2) is 26.7 Å². The molecule has 0 N–H and O–H groups in total. The number of halogens is 1. The Morgan fingerprint density at radius 3 is 2.79 bits per heavy atom. The van der Waals surface area contributed by atoms with Gasteiger partial charge in [-0.25, -0.2) is 9.67 Å². The van der Waals surface area contributed by atoms with E-state index >= 15 is 0 Å². The highest BCUT2D eigenvalue weighted by Crippen LogP contribution is 2.48. The summed E-state index contributed by atoms with van der Waals surface area (Å²) in [6.45, 7) is 0. The molecule has 1 aliphatic rings. The van der Waals surface area contributed by atoms with E-state index in [0.717, 1.165) is 19.1 Å². The van der Waals surface area contributed by atoms with Crippen molar-refractivity contribution in [3.63, 3.8) is 0 Å². The Labute approximate surface area is 115 Å². The monoisotopic (exact) mass is 277 g/mol. The lowest BCUT2D eigenvalue weighted by Crippen LogP contribution is -2.33. The second-order valence-electron chi connectivity index (χ2n) is 4.55. The lowest BCUT2D eigenvalue weighted by Gasteiger charge is -2.24. The highest BCUT2D eigenvalue weighted by Gasteiger charge is 2.54. The molecule has 0 spiro atoms. The lowest BCUT2D eigenvalue weighted by atomic mass is 10.1. The molecule has 0 aliphatic heterocycles. The van der Waals surface area contributed by atoms with Crippen LogP contribution in [0.5, 0.6) is 5.75 Å². The average molecular weight is 278 g/mol. The molecule has 0 radical (unpaired) electrons. The molecule has 2 aromatic rings. The van der Waals surface area contributed by atoms with E-state index in [4.69, 9.17) is 16.3 Å². The number of ether oxygens (including phenoxy) is 1. The molecule has 6 heteroatoms. The summed E-state index contributed by atoms with van der Waals surface area (Å²) in [7, 11) is 0. The summed E-state index contributed by atoms with van der Waals surface area (Å²) in [5.74, 6) is 0.591. The van der Waals surface area contributed by atoms with Crippen LogP contribution in [0.2, 0.25) is 5.02 Å². The minimum atomic E-state index is -0.555. The quantitative estimate of drug-likeness (QED) is 0.787. The number of hydrogen-bond acceptors (Lipinski definition) is 4. The van der Waals surface area contributed by atoms with Crippen molar-refractivity contribution in [2.45, 2.75) is 24.5 Å². The van der Waals surface area contributed by atoms with Crippen LogP contribution < -0.4 is 4.74 Å². The minimum Gasteiger partial charge on any atom is -0.483 e. The van der Waals surface area contributed by atoms with Crippen molar-refractivity contribution in [3.8, 4) is 5.75 Å². The zero-order chi connectivity index (χ0) is 13.3. The Kier molecular flexibility index (Phi) is 2.98. The second-order valence-corrected chi connectivity index (χ2v) is 4.96. The van der Waals surface area contributed by atoms with Crippen LogP contribution in [0.25, 0.3) is 0 Å². The third kappa shape index (κ3) is 2.21. The summed E-state index contributed by atoms with van der Waals surface area (Å²) in [6, 6.07) is 6.77. The standard InChI is InChI=1S/C13H12ClN3O2/c14-10-3-1-2-4-11(10)19-13(5-6-13)12(7-18)17-9-15-8-16-17/h1-4,7-9,12H,5-6H2. The smallest absolute Gasteiger partial charge is 0.148 e.